The molecule has 0 aliphatic rings. The summed E-state index contributed by atoms with van der Waals surface area (Å²) in [6.45, 7) is 11.1. The van der Waals surface area contributed by atoms with Gasteiger partial charge in [-0.1, -0.05) is 51.1 Å². The highest BCUT2D eigenvalue weighted by molar-refractivity contribution is 6.10. The summed E-state index contributed by atoms with van der Waals surface area (Å²) >= 11 is 0. The molecule has 27 heavy (non-hydrogen) atoms. The van der Waals surface area contributed by atoms with E-state index in [9.17, 15) is 0 Å². The molecule has 4 rings (SSSR count). The van der Waals surface area contributed by atoms with Crippen LogP contribution in [0.4, 0.5) is 0 Å². The maximum absolute atomic E-state index is 6.43. The van der Waals surface area contributed by atoms with Crippen molar-refractivity contribution >= 4 is 21.9 Å². The number of rotatable bonds is 2. The molecule has 0 aliphatic carbocycles. The number of pyridine rings is 1. The number of fused-ring (bicyclic) bond motifs is 3. The molecule has 2 aromatic heterocycles. The van der Waals surface area contributed by atoms with Crippen LogP contribution in [0.3, 0.4) is 0 Å². The predicted molar refractivity (Wildman–Crippen MR) is 113 cm³/mol. The minimum Gasteiger partial charge on any atom is -0.455 e. The number of furan rings is 1. The van der Waals surface area contributed by atoms with Crippen LogP contribution in [-0.2, 0) is 13.5 Å². The molecule has 2 nitrogen and oxygen atoms in total. The van der Waals surface area contributed by atoms with Crippen LogP contribution in [0.25, 0.3) is 33.2 Å². The van der Waals surface area contributed by atoms with Crippen molar-refractivity contribution in [2.45, 2.75) is 41.0 Å². The van der Waals surface area contributed by atoms with Gasteiger partial charge in [0.1, 0.15) is 18.2 Å². The molecule has 0 atom stereocenters. The Morgan fingerprint density at radius 1 is 0.889 bits per heavy atom. The van der Waals surface area contributed by atoms with Gasteiger partial charge in [0.25, 0.3) is 0 Å². The van der Waals surface area contributed by atoms with E-state index in [-0.39, 0.29) is 5.41 Å². The second-order valence-electron chi connectivity index (χ2n) is 8.96. The number of hydrogen-bond donors (Lipinski definition) is 0. The average molecular weight is 359 g/mol. The summed E-state index contributed by atoms with van der Waals surface area (Å²) in [4.78, 5) is 0. The zero-order valence-corrected chi connectivity index (χ0v) is 17.2. The Labute approximate surface area is 161 Å². The fourth-order valence-electron chi connectivity index (χ4n) is 4.00. The predicted octanol–water partition coefficient (Wildman–Crippen LogP) is 6.28. The van der Waals surface area contributed by atoms with E-state index in [2.05, 4.69) is 94.9 Å². The van der Waals surface area contributed by atoms with Crippen LogP contribution in [-0.4, -0.2) is 0 Å². The zero-order valence-electron chi connectivity index (χ0n) is 17.2. The standard InChI is InChI=1S/C25H28NO/c1-16-10-11-20-19-9-7-8-17(2)23(19)27-24(20)22(16)21-14-18(12-13-26(21)6)15-25(3,4)5/h7-14H,15H2,1-6H3/q+1. The Kier molecular flexibility index (Phi) is 4.10. The molecule has 0 radical (unpaired) electrons. The molecular weight excluding hydrogens is 330 g/mol. The monoisotopic (exact) mass is 358 g/mol. The molecule has 0 fully saturated rings. The van der Waals surface area contributed by atoms with Crippen molar-refractivity contribution in [3.8, 4) is 11.3 Å². The van der Waals surface area contributed by atoms with E-state index < -0.39 is 0 Å². The third kappa shape index (κ3) is 3.14. The highest BCUT2D eigenvalue weighted by Crippen LogP contribution is 2.38. The minimum atomic E-state index is 0.259. The van der Waals surface area contributed by atoms with E-state index >= 15 is 0 Å². The van der Waals surface area contributed by atoms with Crippen molar-refractivity contribution in [1.29, 1.82) is 0 Å². The smallest absolute Gasteiger partial charge is 0.216 e. The fraction of sp³-hybridized carbons (Fsp3) is 0.320. The van der Waals surface area contributed by atoms with Crippen molar-refractivity contribution in [1.82, 2.24) is 0 Å². The molecule has 0 bridgehead atoms. The summed E-state index contributed by atoms with van der Waals surface area (Å²) in [5.74, 6) is 0. The summed E-state index contributed by atoms with van der Waals surface area (Å²) in [6.07, 6.45) is 3.22. The highest BCUT2D eigenvalue weighted by atomic mass is 16.3. The van der Waals surface area contributed by atoms with Gasteiger partial charge in [-0.2, -0.15) is 0 Å². The van der Waals surface area contributed by atoms with Crippen LogP contribution in [0.2, 0.25) is 0 Å². The number of benzene rings is 2. The van der Waals surface area contributed by atoms with Crippen LogP contribution in [0.15, 0.2) is 53.1 Å². The first-order valence-electron chi connectivity index (χ1n) is 9.65. The third-order valence-corrected chi connectivity index (χ3v) is 5.28. The first-order valence-corrected chi connectivity index (χ1v) is 9.65. The van der Waals surface area contributed by atoms with Gasteiger partial charge in [-0.05, 0) is 42.4 Å². The van der Waals surface area contributed by atoms with Crippen molar-refractivity contribution < 1.29 is 8.98 Å². The number of para-hydroxylation sites is 1. The van der Waals surface area contributed by atoms with Gasteiger partial charge < -0.3 is 4.42 Å². The first kappa shape index (κ1) is 17.8. The summed E-state index contributed by atoms with van der Waals surface area (Å²) in [6, 6.07) is 15.3. The second-order valence-corrected chi connectivity index (χ2v) is 8.96. The molecule has 138 valence electrons. The molecular formula is C25H28NO+. The van der Waals surface area contributed by atoms with Gasteiger partial charge in [0.05, 0.1) is 5.56 Å². The molecule has 0 saturated carbocycles. The fourth-order valence-corrected chi connectivity index (χ4v) is 4.00. The van der Waals surface area contributed by atoms with Gasteiger partial charge in [0.2, 0.25) is 5.69 Å². The quantitative estimate of drug-likeness (QED) is 0.385. The largest absolute Gasteiger partial charge is 0.455 e. The van der Waals surface area contributed by atoms with Gasteiger partial charge >= 0.3 is 0 Å². The Morgan fingerprint density at radius 2 is 1.63 bits per heavy atom. The van der Waals surface area contributed by atoms with Crippen LogP contribution in [0, 0.1) is 19.3 Å². The van der Waals surface area contributed by atoms with Crippen molar-refractivity contribution in [2.75, 3.05) is 0 Å². The summed E-state index contributed by atoms with van der Waals surface area (Å²) in [7, 11) is 2.11. The molecule has 2 heteroatoms. The van der Waals surface area contributed by atoms with E-state index in [1.807, 2.05) is 0 Å². The molecule has 0 spiro atoms. The second kappa shape index (κ2) is 6.23. The van der Waals surface area contributed by atoms with Gasteiger partial charge in [-0.3, -0.25) is 0 Å². The molecule has 0 unspecified atom stereocenters. The Morgan fingerprint density at radius 3 is 2.37 bits per heavy atom. The zero-order chi connectivity index (χ0) is 19.3. The van der Waals surface area contributed by atoms with E-state index in [1.165, 1.54) is 38.7 Å². The maximum Gasteiger partial charge on any atom is 0.216 e. The van der Waals surface area contributed by atoms with E-state index in [1.54, 1.807) is 0 Å². The van der Waals surface area contributed by atoms with Crippen molar-refractivity contribution in [2.24, 2.45) is 12.5 Å². The number of nitrogens with zero attached hydrogens (tertiary/aromatic N) is 1. The summed E-state index contributed by atoms with van der Waals surface area (Å²) in [5.41, 5.74) is 8.42. The molecule has 0 amide bonds. The summed E-state index contributed by atoms with van der Waals surface area (Å²) < 4.78 is 8.63. The first-order chi connectivity index (χ1) is 12.7. The Bertz CT molecular complexity index is 1160. The molecule has 0 N–H and O–H groups in total. The topological polar surface area (TPSA) is 17.0 Å². The van der Waals surface area contributed by atoms with Crippen molar-refractivity contribution in [3.63, 3.8) is 0 Å². The van der Waals surface area contributed by atoms with Crippen LogP contribution in [0.1, 0.15) is 37.5 Å². The van der Waals surface area contributed by atoms with E-state index in [0.717, 1.165) is 17.6 Å². The van der Waals surface area contributed by atoms with Crippen LogP contribution >= 0.6 is 0 Å². The number of hydrogen-bond acceptors (Lipinski definition) is 1. The molecule has 0 aliphatic heterocycles. The third-order valence-electron chi connectivity index (χ3n) is 5.28. The van der Waals surface area contributed by atoms with E-state index in [0.29, 0.717) is 0 Å². The normalized spacial score (nSPS) is 12.2. The number of aryl methyl sites for hydroxylation is 3. The van der Waals surface area contributed by atoms with Crippen LogP contribution < -0.4 is 4.57 Å². The molecule has 0 saturated heterocycles. The van der Waals surface area contributed by atoms with Crippen LogP contribution in [0.5, 0.6) is 0 Å². The maximum atomic E-state index is 6.43. The molecule has 4 aromatic rings. The number of aromatic nitrogens is 1. The van der Waals surface area contributed by atoms with Gasteiger partial charge in [-0.15, -0.1) is 0 Å². The lowest BCUT2D eigenvalue weighted by atomic mass is 9.88. The summed E-state index contributed by atoms with van der Waals surface area (Å²) in [5, 5.41) is 2.38. The lowest BCUT2D eigenvalue weighted by Gasteiger charge is -2.18. The minimum absolute atomic E-state index is 0.259. The van der Waals surface area contributed by atoms with Gasteiger partial charge in [-0.25, -0.2) is 4.57 Å². The van der Waals surface area contributed by atoms with Crippen molar-refractivity contribution in [3.05, 3.63) is 65.4 Å². The van der Waals surface area contributed by atoms with Gasteiger partial charge in [0.15, 0.2) is 6.20 Å². The molecule has 2 aromatic carbocycles. The molecule has 2 heterocycles. The van der Waals surface area contributed by atoms with Gasteiger partial charge in [0, 0.05) is 22.9 Å². The average Bonchev–Trinajstić information content (AvgIpc) is 2.96. The highest BCUT2D eigenvalue weighted by Gasteiger charge is 2.22. The Hall–Kier alpha value is -2.61. The lowest BCUT2D eigenvalue weighted by molar-refractivity contribution is -0.660. The SMILES string of the molecule is Cc1ccc2c(oc3c(C)cccc32)c1-c1cc(CC(C)(C)C)cc[n+]1C. The lowest BCUT2D eigenvalue weighted by Crippen LogP contribution is -2.31. The Balaban J connectivity index is 2.01. The van der Waals surface area contributed by atoms with E-state index in [4.69, 9.17) is 4.42 Å².